The number of aromatic nitrogens is 1. The Balaban J connectivity index is 2.11. The second-order valence-corrected chi connectivity index (χ2v) is 4.94. The molecule has 2 rings (SSSR count). The first-order chi connectivity index (χ1) is 9.08. The van der Waals surface area contributed by atoms with E-state index in [9.17, 15) is 4.79 Å². The number of hydrogen-bond acceptors (Lipinski definition) is 3. The van der Waals surface area contributed by atoms with Crippen molar-refractivity contribution in [2.45, 2.75) is 26.4 Å². The van der Waals surface area contributed by atoms with Gasteiger partial charge in [0.15, 0.2) is 0 Å². The smallest absolute Gasteiger partial charge is 0.320 e. The minimum Gasteiger partial charge on any atom is -0.480 e. The highest BCUT2D eigenvalue weighted by molar-refractivity contribution is 5.78. The molecule has 4 heteroatoms. The predicted molar refractivity (Wildman–Crippen MR) is 74.8 cm³/mol. The maximum absolute atomic E-state index is 11.1. The lowest BCUT2D eigenvalue weighted by Crippen LogP contribution is -2.40. The van der Waals surface area contributed by atoms with E-state index in [2.05, 4.69) is 10.3 Å². The van der Waals surface area contributed by atoms with Crippen LogP contribution in [0, 0.1) is 5.92 Å². The van der Waals surface area contributed by atoms with Crippen LogP contribution in [0.15, 0.2) is 36.4 Å². The number of fused-ring (bicyclic) bond motifs is 1. The van der Waals surface area contributed by atoms with Crippen molar-refractivity contribution < 1.29 is 9.90 Å². The topological polar surface area (TPSA) is 62.2 Å². The van der Waals surface area contributed by atoms with Crippen LogP contribution in [0.5, 0.6) is 0 Å². The van der Waals surface area contributed by atoms with Crippen LogP contribution in [0.25, 0.3) is 10.9 Å². The van der Waals surface area contributed by atoms with E-state index in [1.54, 1.807) is 0 Å². The van der Waals surface area contributed by atoms with Crippen LogP contribution < -0.4 is 5.32 Å². The average molecular weight is 258 g/mol. The molecule has 0 amide bonds. The van der Waals surface area contributed by atoms with E-state index in [-0.39, 0.29) is 5.92 Å². The highest BCUT2D eigenvalue weighted by atomic mass is 16.4. The number of carbonyl (C=O) groups is 1. The maximum atomic E-state index is 11.1. The van der Waals surface area contributed by atoms with Gasteiger partial charge in [-0.25, -0.2) is 0 Å². The Hall–Kier alpha value is -1.94. The van der Waals surface area contributed by atoms with E-state index in [1.165, 1.54) is 0 Å². The first kappa shape index (κ1) is 13.5. The Morgan fingerprint density at radius 3 is 2.68 bits per heavy atom. The first-order valence-corrected chi connectivity index (χ1v) is 6.39. The van der Waals surface area contributed by atoms with Crippen molar-refractivity contribution in [1.82, 2.24) is 10.3 Å². The summed E-state index contributed by atoms with van der Waals surface area (Å²) >= 11 is 0. The van der Waals surface area contributed by atoms with Crippen molar-refractivity contribution in [3.8, 4) is 0 Å². The lowest BCUT2D eigenvalue weighted by atomic mass is 10.0. The van der Waals surface area contributed by atoms with Crippen molar-refractivity contribution in [1.29, 1.82) is 0 Å². The molecular weight excluding hydrogens is 240 g/mol. The molecule has 1 heterocycles. The molecule has 0 aliphatic carbocycles. The summed E-state index contributed by atoms with van der Waals surface area (Å²) in [6.07, 6.45) is 0. The fourth-order valence-corrected chi connectivity index (χ4v) is 2.03. The van der Waals surface area contributed by atoms with E-state index in [4.69, 9.17) is 5.11 Å². The van der Waals surface area contributed by atoms with Gasteiger partial charge in [-0.2, -0.15) is 0 Å². The monoisotopic (exact) mass is 258 g/mol. The molecule has 1 aromatic carbocycles. The Morgan fingerprint density at radius 2 is 2.00 bits per heavy atom. The second-order valence-electron chi connectivity index (χ2n) is 4.94. The number of carboxylic acids is 1. The second kappa shape index (κ2) is 5.80. The normalized spacial score (nSPS) is 12.8. The Morgan fingerprint density at radius 1 is 1.26 bits per heavy atom. The van der Waals surface area contributed by atoms with Gasteiger partial charge >= 0.3 is 5.97 Å². The van der Waals surface area contributed by atoms with Gasteiger partial charge in [-0.15, -0.1) is 0 Å². The van der Waals surface area contributed by atoms with E-state index >= 15 is 0 Å². The van der Waals surface area contributed by atoms with Crippen LogP contribution in [0.3, 0.4) is 0 Å². The molecule has 0 spiro atoms. The summed E-state index contributed by atoms with van der Waals surface area (Å²) < 4.78 is 0. The van der Waals surface area contributed by atoms with Gasteiger partial charge in [-0.3, -0.25) is 15.1 Å². The molecule has 0 aliphatic rings. The summed E-state index contributed by atoms with van der Waals surface area (Å²) in [6.45, 7) is 4.24. The molecule has 1 atom stereocenters. The lowest BCUT2D eigenvalue weighted by Gasteiger charge is -2.17. The Labute approximate surface area is 112 Å². The van der Waals surface area contributed by atoms with Crippen molar-refractivity contribution in [2.24, 2.45) is 5.92 Å². The molecule has 0 fully saturated rings. The van der Waals surface area contributed by atoms with Gasteiger partial charge in [0, 0.05) is 11.9 Å². The van der Waals surface area contributed by atoms with Gasteiger partial charge in [0.1, 0.15) is 6.04 Å². The van der Waals surface area contributed by atoms with Crippen molar-refractivity contribution in [3.63, 3.8) is 0 Å². The van der Waals surface area contributed by atoms with Crippen molar-refractivity contribution in [2.75, 3.05) is 0 Å². The molecule has 1 aromatic heterocycles. The quantitative estimate of drug-likeness (QED) is 0.864. The molecule has 100 valence electrons. The van der Waals surface area contributed by atoms with Crippen LogP contribution in [0.4, 0.5) is 0 Å². The highest BCUT2D eigenvalue weighted by Gasteiger charge is 2.20. The molecule has 19 heavy (non-hydrogen) atoms. The van der Waals surface area contributed by atoms with E-state index in [1.807, 2.05) is 50.2 Å². The molecule has 0 aliphatic heterocycles. The third kappa shape index (κ3) is 3.29. The van der Waals surface area contributed by atoms with E-state index < -0.39 is 12.0 Å². The summed E-state index contributed by atoms with van der Waals surface area (Å²) in [4.78, 5) is 15.6. The van der Waals surface area contributed by atoms with Gasteiger partial charge in [-0.05, 0) is 18.1 Å². The van der Waals surface area contributed by atoms with Gasteiger partial charge < -0.3 is 5.11 Å². The van der Waals surface area contributed by atoms with E-state index in [0.29, 0.717) is 6.54 Å². The van der Waals surface area contributed by atoms with Crippen LogP contribution in [-0.4, -0.2) is 22.1 Å². The fourth-order valence-electron chi connectivity index (χ4n) is 2.03. The Bertz CT molecular complexity index is 581. The predicted octanol–water partition coefficient (Wildman–Crippen LogP) is 2.43. The van der Waals surface area contributed by atoms with Crippen LogP contribution in [0.2, 0.25) is 0 Å². The average Bonchev–Trinajstić information content (AvgIpc) is 2.38. The summed E-state index contributed by atoms with van der Waals surface area (Å²) in [6, 6.07) is 11.3. The minimum atomic E-state index is -0.823. The number of benzene rings is 1. The third-order valence-corrected chi connectivity index (χ3v) is 3.09. The fraction of sp³-hybridized carbons (Fsp3) is 0.333. The summed E-state index contributed by atoms with van der Waals surface area (Å²) in [5.41, 5.74) is 1.78. The summed E-state index contributed by atoms with van der Waals surface area (Å²) in [7, 11) is 0. The van der Waals surface area contributed by atoms with Gasteiger partial charge in [-0.1, -0.05) is 38.1 Å². The largest absolute Gasteiger partial charge is 0.480 e. The van der Waals surface area contributed by atoms with Crippen LogP contribution in [0.1, 0.15) is 19.5 Å². The van der Waals surface area contributed by atoms with Gasteiger partial charge in [0.05, 0.1) is 11.2 Å². The number of hydrogen-bond donors (Lipinski definition) is 2. The molecular formula is C15H18N2O2. The third-order valence-electron chi connectivity index (χ3n) is 3.09. The highest BCUT2D eigenvalue weighted by Crippen LogP contribution is 2.12. The number of para-hydroxylation sites is 1. The van der Waals surface area contributed by atoms with E-state index in [0.717, 1.165) is 16.6 Å². The molecule has 0 radical (unpaired) electrons. The first-order valence-electron chi connectivity index (χ1n) is 6.39. The van der Waals surface area contributed by atoms with Crippen molar-refractivity contribution >= 4 is 16.9 Å². The SMILES string of the molecule is CC(C)C(NCc1ccc2ccccc2n1)C(=O)O. The summed E-state index contributed by atoms with van der Waals surface area (Å²) in [5, 5.41) is 13.2. The number of aliphatic carboxylic acids is 1. The van der Waals surface area contributed by atoms with Gasteiger partial charge in [0.2, 0.25) is 0 Å². The molecule has 2 N–H and O–H groups in total. The zero-order chi connectivity index (χ0) is 13.8. The number of pyridine rings is 1. The number of nitrogens with zero attached hydrogens (tertiary/aromatic N) is 1. The minimum absolute atomic E-state index is 0.0398. The lowest BCUT2D eigenvalue weighted by molar-refractivity contribution is -0.140. The molecule has 4 nitrogen and oxygen atoms in total. The standard InChI is InChI=1S/C15H18N2O2/c1-10(2)14(15(18)19)16-9-12-8-7-11-5-3-4-6-13(11)17-12/h3-8,10,14,16H,9H2,1-2H3,(H,18,19). The maximum Gasteiger partial charge on any atom is 0.320 e. The van der Waals surface area contributed by atoms with Crippen LogP contribution in [-0.2, 0) is 11.3 Å². The molecule has 0 saturated carbocycles. The molecule has 2 aromatic rings. The van der Waals surface area contributed by atoms with Gasteiger partial charge in [0.25, 0.3) is 0 Å². The Kier molecular flexibility index (Phi) is 4.12. The number of nitrogens with one attached hydrogen (secondary N) is 1. The molecule has 1 unspecified atom stereocenters. The van der Waals surface area contributed by atoms with Crippen molar-refractivity contribution in [3.05, 3.63) is 42.1 Å². The molecule has 0 saturated heterocycles. The summed E-state index contributed by atoms with van der Waals surface area (Å²) in [5.74, 6) is -0.784. The van der Waals surface area contributed by atoms with Crippen LogP contribution >= 0.6 is 0 Å². The zero-order valence-electron chi connectivity index (χ0n) is 11.1. The number of carboxylic acid groups (broad SMARTS) is 1. The number of rotatable bonds is 5. The molecule has 0 bridgehead atoms. The zero-order valence-corrected chi connectivity index (χ0v) is 11.1.